The van der Waals surface area contributed by atoms with Gasteiger partial charge in [0, 0.05) is 17.6 Å². The molecule has 0 saturated carbocycles. The summed E-state index contributed by atoms with van der Waals surface area (Å²) in [5.74, 6) is 2.76. The van der Waals surface area contributed by atoms with Crippen LogP contribution in [0.25, 0.3) is 0 Å². The fourth-order valence-corrected chi connectivity index (χ4v) is 1.48. The second-order valence-corrected chi connectivity index (χ2v) is 4.67. The van der Waals surface area contributed by atoms with Gasteiger partial charge in [0.15, 0.2) is 0 Å². The van der Waals surface area contributed by atoms with Crippen molar-refractivity contribution in [3.63, 3.8) is 0 Å². The van der Waals surface area contributed by atoms with E-state index in [2.05, 4.69) is 48.8 Å². The Balaban J connectivity index is 2.54. The third kappa shape index (κ3) is 2.05. The molecule has 0 saturated heterocycles. The van der Waals surface area contributed by atoms with E-state index in [1.54, 1.807) is 6.20 Å². The lowest BCUT2D eigenvalue weighted by Crippen LogP contribution is -2.11. The van der Waals surface area contributed by atoms with Crippen LogP contribution in [0.2, 0.25) is 0 Å². The smallest absolute Gasteiger partial charge is 0.0882 e. The predicted molar refractivity (Wildman–Crippen MR) is 64.4 cm³/mol. The highest BCUT2D eigenvalue weighted by molar-refractivity contribution is 5.90. The second-order valence-electron chi connectivity index (χ2n) is 4.67. The highest BCUT2D eigenvalue weighted by atomic mass is 14.8. The maximum atomic E-state index is 4.18. The Hall–Kier alpha value is -1.66. The molecule has 1 aromatic rings. The van der Waals surface area contributed by atoms with E-state index in [9.17, 15) is 0 Å². The van der Waals surface area contributed by atoms with Gasteiger partial charge in [-0.25, -0.2) is 4.99 Å². The standard InChI is InChI=1S/C13H14N2/c1-13(2,3)11-4-5-12-10(8-11)9-14-6-7-15-12/h4-6,8-9H,1-3H3. The van der Waals surface area contributed by atoms with Crippen LogP contribution in [0, 0.1) is 0 Å². The van der Waals surface area contributed by atoms with Crippen LogP contribution >= 0.6 is 0 Å². The number of fused-ring (bicyclic) bond motifs is 1. The lowest BCUT2D eigenvalue weighted by molar-refractivity contribution is 0.590. The molecule has 0 amide bonds. The van der Waals surface area contributed by atoms with Gasteiger partial charge in [-0.3, -0.25) is 4.99 Å². The molecule has 2 rings (SSSR count). The van der Waals surface area contributed by atoms with Gasteiger partial charge < -0.3 is 0 Å². The van der Waals surface area contributed by atoms with Crippen molar-refractivity contribution in [2.75, 3.05) is 0 Å². The molecule has 0 N–H and O–H groups in total. The molecule has 0 bridgehead atoms. The van der Waals surface area contributed by atoms with E-state index in [-0.39, 0.29) is 5.41 Å². The van der Waals surface area contributed by atoms with Gasteiger partial charge in [-0.05, 0) is 23.1 Å². The lowest BCUT2D eigenvalue weighted by atomic mass is 9.86. The van der Waals surface area contributed by atoms with Crippen molar-refractivity contribution < 1.29 is 0 Å². The van der Waals surface area contributed by atoms with E-state index in [0.717, 1.165) is 11.3 Å². The summed E-state index contributed by atoms with van der Waals surface area (Å²) in [6, 6.07) is 6.28. The molecule has 0 fully saturated rings. The summed E-state index contributed by atoms with van der Waals surface area (Å²) in [7, 11) is 0. The van der Waals surface area contributed by atoms with Gasteiger partial charge in [-0.2, -0.15) is 0 Å². The summed E-state index contributed by atoms with van der Waals surface area (Å²) in [5, 5.41) is 0. The molecule has 0 spiro atoms. The van der Waals surface area contributed by atoms with E-state index in [1.165, 1.54) is 5.56 Å². The van der Waals surface area contributed by atoms with Gasteiger partial charge in [-0.1, -0.05) is 26.8 Å². The maximum absolute atomic E-state index is 4.18. The molecule has 2 nitrogen and oxygen atoms in total. The van der Waals surface area contributed by atoms with E-state index in [1.807, 2.05) is 12.3 Å². The molecule has 0 atom stereocenters. The van der Waals surface area contributed by atoms with Gasteiger partial charge in [0.1, 0.15) is 0 Å². The van der Waals surface area contributed by atoms with Crippen molar-refractivity contribution in [1.29, 1.82) is 0 Å². The predicted octanol–water partition coefficient (Wildman–Crippen LogP) is 3.23. The topological polar surface area (TPSA) is 24.7 Å². The van der Waals surface area contributed by atoms with Gasteiger partial charge in [-0.15, -0.1) is 0 Å². The lowest BCUT2D eigenvalue weighted by Gasteiger charge is -2.19. The van der Waals surface area contributed by atoms with Gasteiger partial charge in [0.05, 0.1) is 11.9 Å². The number of benzene rings is 1. The number of hydrogen-bond donors (Lipinski definition) is 0. The van der Waals surface area contributed by atoms with Crippen LogP contribution in [-0.4, -0.2) is 12.1 Å². The molecule has 2 heteroatoms. The first kappa shape index (κ1) is 9.88. The molecule has 0 radical (unpaired) electrons. The van der Waals surface area contributed by atoms with Crippen molar-refractivity contribution in [2.24, 2.45) is 9.98 Å². The summed E-state index contributed by atoms with van der Waals surface area (Å²) in [6.45, 7) is 6.60. The van der Waals surface area contributed by atoms with Crippen molar-refractivity contribution in [3.8, 4) is 0 Å². The van der Waals surface area contributed by atoms with E-state index in [4.69, 9.17) is 0 Å². The number of hydrogen-bond acceptors (Lipinski definition) is 2. The zero-order valence-corrected chi connectivity index (χ0v) is 9.28. The molecular weight excluding hydrogens is 184 g/mol. The van der Waals surface area contributed by atoms with E-state index in [0.29, 0.717) is 0 Å². The second kappa shape index (κ2) is 3.48. The summed E-state index contributed by atoms with van der Waals surface area (Å²) in [6.07, 6.45) is 3.41. The van der Waals surface area contributed by atoms with Crippen LogP contribution in [0.15, 0.2) is 34.4 Å². The highest BCUT2D eigenvalue weighted by Crippen LogP contribution is 2.27. The van der Waals surface area contributed by atoms with E-state index >= 15 is 0 Å². The number of rotatable bonds is 0. The summed E-state index contributed by atoms with van der Waals surface area (Å²) < 4.78 is 0. The molecular formula is C13H14N2. The number of nitrogens with zero attached hydrogens (tertiary/aromatic N) is 2. The quantitative estimate of drug-likeness (QED) is 0.611. The minimum absolute atomic E-state index is 0.159. The van der Waals surface area contributed by atoms with Crippen LogP contribution in [0.1, 0.15) is 31.9 Å². The average molecular weight is 198 g/mol. The fraction of sp³-hybridized carbons (Fsp3) is 0.308. The Morgan fingerprint density at radius 3 is 2.73 bits per heavy atom. The Morgan fingerprint density at radius 1 is 1.20 bits per heavy atom. The van der Waals surface area contributed by atoms with Crippen molar-refractivity contribution in [2.45, 2.75) is 26.2 Å². The molecule has 0 aliphatic carbocycles. The monoisotopic (exact) mass is 198 g/mol. The van der Waals surface area contributed by atoms with Crippen LogP contribution in [0.4, 0.5) is 5.69 Å². The molecule has 15 heavy (non-hydrogen) atoms. The summed E-state index contributed by atoms with van der Waals surface area (Å²) in [5.41, 5.74) is 3.45. The van der Waals surface area contributed by atoms with Gasteiger partial charge >= 0.3 is 0 Å². The van der Waals surface area contributed by atoms with Gasteiger partial charge in [0.2, 0.25) is 0 Å². The van der Waals surface area contributed by atoms with Crippen molar-refractivity contribution in [1.82, 2.24) is 0 Å². The van der Waals surface area contributed by atoms with Crippen LogP contribution < -0.4 is 0 Å². The van der Waals surface area contributed by atoms with Gasteiger partial charge in [0.25, 0.3) is 0 Å². The van der Waals surface area contributed by atoms with Crippen LogP contribution in [-0.2, 0) is 5.41 Å². The van der Waals surface area contributed by atoms with Crippen LogP contribution in [0.5, 0.6) is 0 Å². The molecule has 1 aromatic carbocycles. The number of aliphatic imine (C=N–C) groups is 2. The third-order valence-corrected chi connectivity index (χ3v) is 2.42. The SMILES string of the molecule is CC(C)(C)c1ccc2c(c1)C=NC=C=N2. The first-order chi connectivity index (χ1) is 7.07. The Kier molecular flexibility index (Phi) is 2.29. The maximum Gasteiger partial charge on any atom is 0.0882 e. The highest BCUT2D eigenvalue weighted by Gasteiger charge is 2.14. The molecule has 1 aliphatic rings. The first-order valence-corrected chi connectivity index (χ1v) is 5.03. The zero-order chi connectivity index (χ0) is 10.9. The molecule has 0 unspecified atom stereocenters. The Labute approximate surface area is 90.1 Å². The van der Waals surface area contributed by atoms with Crippen molar-refractivity contribution in [3.05, 3.63) is 35.5 Å². The van der Waals surface area contributed by atoms with Crippen LogP contribution in [0.3, 0.4) is 0 Å². The minimum Gasteiger partial charge on any atom is -0.254 e. The zero-order valence-electron chi connectivity index (χ0n) is 9.28. The Morgan fingerprint density at radius 2 is 2.00 bits per heavy atom. The fourth-order valence-electron chi connectivity index (χ4n) is 1.48. The summed E-state index contributed by atoms with van der Waals surface area (Å²) >= 11 is 0. The molecule has 1 aliphatic heterocycles. The van der Waals surface area contributed by atoms with Crippen molar-refractivity contribution >= 4 is 17.8 Å². The average Bonchev–Trinajstić information content (AvgIpc) is 2.39. The first-order valence-electron chi connectivity index (χ1n) is 5.03. The normalized spacial score (nSPS) is 13.8. The minimum atomic E-state index is 0.159. The molecule has 0 aromatic heterocycles. The molecule has 1 heterocycles. The van der Waals surface area contributed by atoms with E-state index < -0.39 is 0 Å². The third-order valence-electron chi connectivity index (χ3n) is 2.42. The summed E-state index contributed by atoms with van der Waals surface area (Å²) in [4.78, 5) is 8.26. The molecule has 76 valence electrons. The largest absolute Gasteiger partial charge is 0.254 e. The Bertz CT molecular complexity index is 470.